The Balaban J connectivity index is 2.04. The molecule has 3 nitrogen and oxygen atoms in total. The highest BCUT2D eigenvalue weighted by molar-refractivity contribution is 6.22. The van der Waals surface area contributed by atoms with Crippen LogP contribution in [0, 0.1) is 0 Å². The van der Waals surface area contributed by atoms with E-state index in [1.165, 1.54) is 0 Å². The van der Waals surface area contributed by atoms with Crippen molar-refractivity contribution in [1.82, 2.24) is 0 Å². The highest BCUT2D eigenvalue weighted by Crippen LogP contribution is 2.39. The number of fused-ring (bicyclic) bond motifs is 7. The summed E-state index contributed by atoms with van der Waals surface area (Å²) in [6.07, 6.45) is 0. The van der Waals surface area contributed by atoms with Crippen LogP contribution in [0.3, 0.4) is 0 Å². The molecule has 23 heavy (non-hydrogen) atoms. The van der Waals surface area contributed by atoms with Crippen LogP contribution in [0.15, 0.2) is 63.4 Å². The fourth-order valence-corrected chi connectivity index (χ4v) is 3.36. The van der Waals surface area contributed by atoms with Gasteiger partial charge in [0.1, 0.15) is 11.2 Å². The van der Waals surface area contributed by atoms with Crippen molar-refractivity contribution in [3.8, 4) is 0 Å². The second-order valence-corrected chi connectivity index (χ2v) is 5.75. The third-order valence-corrected chi connectivity index (χ3v) is 4.39. The average Bonchev–Trinajstić information content (AvgIpc) is 3.12. The fraction of sp³-hybridized carbons (Fsp3) is 0.0500. The molecule has 0 atom stereocenters. The van der Waals surface area contributed by atoms with Gasteiger partial charge in [0, 0.05) is 27.1 Å². The zero-order valence-electron chi connectivity index (χ0n) is 12.4. The van der Waals surface area contributed by atoms with Crippen LogP contribution in [-0.2, 0) is 0 Å². The van der Waals surface area contributed by atoms with Gasteiger partial charge in [-0.3, -0.25) is 4.79 Å². The summed E-state index contributed by atoms with van der Waals surface area (Å²) < 4.78 is 12.1. The van der Waals surface area contributed by atoms with E-state index in [1.807, 2.05) is 54.6 Å². The lowest BCUT2D eigenvalue weighted by molar-refractivity contribution is 0.101. The number of hydrogen-bond donors (Lipinski definition) is 0. The molecule has 0 aliphatic heterocycles. The number of furan rings is 2. The molecule has 0 N–H and O–H groups in total. The van der Waals surface area contributed by atoms with E-state index >= 15 is 0 Å². The molecular weight excluding hydrogens is 288 g/mol. The van der Waals surface area contributed by atoms with Crippen molar-refractivity contribution < 1.29 is 13.6 Å². The maximum Gasteiger partial charge on any atom is 0.178 e. The average molecular weight is 300 g/mol. The van der Waals surface area contributed by atoms with Crippen molar-refractivity contribution in [2.45, 2.75) is 6.92 Å². The van der Waals surface area contributed by atoms with E-state index < -0.39 is 0 Å². The molecule has 0 spiro atoms. The van der Waals surface area contributed by atoms with Gasteiger partial charge in [-0.1, -0.05) is 30.3 Å². The van der Waals surface area contributed by atoms with Gasteiger partial charge in [-0.05, 0) is 31.2 Å². The van der Waals surface area contributed by atoms with E-state index in [0.717, 1.165) is 32.7 Å². The lowest BCUT2D eigenvalue weighted by atomic mass is 10.0. The number of ketones is 1. The molecule has 0 radical (unpaired) electrons. The van der Waals surface area contributed by atoms with Crippen LogP contribution in [0.1, 0.15) is 17.3 Å². The van der Waals surface area contributed by atoms with Crippen LogP contribution in [0.2, 0.25) is 0 Å². The quantitative estimate of drug-likeness (QED) is 0.374. The van der Waals surface area contributed by atoms with Crippen LogP contribution < -0.4 is 0 Å². The topological polar surface area (TPSA) is 43.4 Å². The lowest BCUT2D eigenvalue weighted by Crippen LogP contribution is -1.91. The minimum Gasteiger partial charge on any atom is -0.452 e. The highest BCUT2D eigenvalue weighted by Gasteiger charge is 2.18. The van der Waals surface area contributed by atoms with Gasteiger partial charge < -0.3 is 8.83 Å². The summed E-state index contributed by atoms with van der Waals surface area (Å²) in [5, 5.41) is 3.86. The zero-order valence-corrected chi connectivity index (χ0v) is 12.4. The summed E-state index contributed by atoms with van der Waals surface area (Å²) >= 11 is 0. The summed E-state index contributed by atoms with van der Waals surface area (Å²) in [5.41, 5.74) is 3.65. The number of para-hydroxylation sites is 1. The van der Waals surface area contributed by atoms with Crippen molar-refractivity contribution in [1.29, 1.82) is 0 Å². The zero-order chi connectivity index (χ0) is 15.6. The summed E-state index contributed by atoms with van der Waals surface area (Å²) in [6, 6.07) is 17.5. The molecule has 5 rings (SSSR count). The Morgan fingerprint density at radius 3 is 2.30 bits per heavy atom. The molecule has 2 aromatic heterocycles. The minimum absolute atomic E-state index is 0.0306. The molecule has 0 fully saturated rings. The number of carbonyl (C=O) groups is 1. The van der Waals surface area contributed by atoms with Crippen LogP contribution in [-0.4, -0.2) is 5.78 Å². The molecule has 2 heterocycles. The summed E-state index contributed by atoms with van der Waals surface area (Å²) in [7, 11) is 0. The SMILES string of the molecule is CC(=O)c1cccc2oc3c(ccc4c5ccccc5oc43)c12. The lowest BCUT2D eigenvalue weighted by Gasteiger charge is -1.97. The van der Waals surface area contributed by atoms with Crippen LogP contribution >= 0.6 is 0 Å². The van der Waals surface area contributed by atoms with E-state index in [-0.39, 0.29) is 5.78 Å². The number of rotatable bonds is 1. The van der Waals surface area contributed by atoms with Crippen molar-refractivity contribution in [2.24, 2.45) is 0 Å². The van der Waals surface area contributed by atoms with Gasteiger partial charge in [0.2, 0.25) is 0 Å². The van der Waals surface area contributed by atoms with Crippen molar-refractivity contribution in [3.63, 3.8) is 0 Å². The normalized spacial score (nSPS) is 11.9. The maximum atomic E-state index is 11.9. The molecule has 3 aromatic carbocycles. The first-order valence-corrected chi connectivity index (χ1v) is 7.50. The van der Waals surface area contributed by atoms with Gasteiger partial charge in [0.05, 0.1) is 0 Å². The number of benzene rings is 3. The predicted octanol–water partition coefficient (Wildman–Crippen LogP) is 5.69. The van der Waals surface area contributed by atoms with E-state index in [0.29, 0.717) is 16.7 Å². The molecule has 0 amide bonds. The third kappa shape index (κ3) is 1.56. The van der Waals surface area contributed by atoms with Crippen LogP contribution in [0.4, 0.5) is 0 Å². The Labute approximate surface area is 131 Å². The monoisotopic (exact) mass is 300 g/mol. The Morgan fingerprint density at radius 1 is 0.739 bits per heavy atom. The Kier molecular flexibility index (Phi) is 2.29. The maximum absolute atomic E-state index is 11.9. The smallest absolute Gasteiger partial charge is 0.178 e. The molecule has 0 unspecified atom stereocenters. The molecular formula is C20H12O3. The van der Waals surface area contributed by atoms with Crippen molar-refractivity contribution in [2.75, 3.05) is 0 Å². The molecule has 0 saturated heterocycles. The highest BCUT2D eigenvalue weighted by atomic mass is 16.4. The van der Waals surface area contributed by atoms with Gasteiger partial charge in [0.15, 0.2) is 16.9 Å². The first kappa shape index (κ1) is 12.5. The van der Waals surface area contributed by atoms with Gasteiger partial charge in [-0.2, -0.15) is 0 Å². The first-order chi connectivity index (χ1) is 11.2. The third-order valence-electron chi connectivity index (χ3n) is 4.39. The second kappa shape index (κ2) is 4.23. The second-order valence-electron chi connectivity index (χ2n) is 5.75. The van der Waals surface area contributed by atoms with Gasteiger partial charge in [0.25, 0.3) is 0 Å². The summed E-state index contributed by atoms with van der Waals surface area (Å²) in [6.45, 7) is 1.58. The fourth-order valence-electron chi connectivity index (χ4n) is 3.36. The largest absolute Gasteiger partial charge is 0.452 e. The van der Waals surface area contributed by atoms with Crippen molar-refractivity contribution in [3.05, 3.63) is 60.2 Å². The van der Waals surface area contributed by atoms with E-state index in [9.17, 15) is 4.79 Å². The molecule has 3 heteroatoms. The molecule has 0 aliphatic rings. The Bertz CT molecular complexity index is 1240. The molecule has 0 saturated carbocycles. The van der Waals surface area contributed by atoms with Crippen LogP contribution in [0.25, 0.3) is 43.9 Å². The molecule has 0 aliphatic carbocycles. The van der Waals surface area contributed by atoms with E-state index in [2.05, 4.69) is 0 Å². The number of hydrogen-bond acceptors (Lipinski definition) is 3. The first-order valence-electron chi connectivity index (χ1n) is 7.50. The number of carbonyl (C=O) groups excluding carboxylic acids is 1. The van der Waals surface area contributed by atoms with Crippen LogP contribution in [0.5, 0.6) is 0 Å². The summed E-state index contributed by atoms with van der Waals surface area (Å²) in [4.78, 5) is 11.9. The summed E-state index contributed by atoms with van der Waals surface area (Å²) in [5.74, 6) is 0.0306. The standard InChI is InChI=1S/C20H12O3/c1-11(21)12-6-4-8-17-18(12)15-10-9-14-13-5-2-3-7-16(13)22-19(14)20(15)23-17/h2-10H,1H3. The van der Waals surface area contributed by atoms with Crippen molar-refractivity contribution >= 4 is 49.7 Å². The van der Waals surface area contributed by atoms with Gasteiger partial charge in [-0.25, -0.2) is 0 Å². The van der Waals surface area contributed by atoms with Gasteiger partial charge in [-0.15, -0.1) is 0 Å². The van der Waals surface area contributed by atoms with E-state index in [4.69, 9.17) is 8.83 Å². The molecule has 110 valence electrons. The minimum atomic E-state index is 0.0306. The van der Waals surface area contributed by atoms with E-state index in [1.54, 1.807) is 6.92 Å². The molecule has 0 bridgehead atoms. The Hall–Kier alpha value is -3.07. The predicted molar refractivity (Wildman–Crippen MR) is 91.0 cm³/mol. The number of Topliss-reactive ketones (excluding diaryl/α,β-unsaturated/α-hetero) is 1. The Morgan fingerprint density at radius 2 is 1.43 bits per heavy atom. The molecule has 5 aromatic rings. The van der Waals surface area contributed by atoms with Gasteiger partial charge >= 0.3 is 0 Å².